The Bertz CT molecular complexity index is 837. The molecular weight excluding hydrogens is 673 g/mol. The Hall–Kier alpha value is -1.59. The molecule has 0 aromatic rings. The third kappa shape index (κ3) is 41.6. The van der Waals surface area contributed by atoms with Gasteiger partial charge in [-0.25, -0.2) is 0 Å². The summed E-state index contributed by atoms with van der Waals surface area (Å²) < 4.78 is 16.7. The van der Waals surface area contributed by atoms with Gasteiger partial charge in [0.05, 0.1) is 0 Å². The minimum absolute atomic E-state index is 0.0666. The average Bonchev–Trinajstić information content (AvgIpc) is 3.12. The van der Waals surface area contributed by atoms with Crippen LogP contribution in [-0.2, 0) is 28.6 Å². The summed E-state index contributed by atoms with van der Waals surface area (Å²) in [6, 6.07) is 0. The molecule has 6 heteroatoms. The summed E-state index contributed by atoms with van der Waals surface area (Å²) in [5.74, 6) is 1.54. The third-order valence-corrected chi connectivity index (χ3v) is 10.6. The Morgan fingerprint density at radius 2 is 0.537 bits per heavy atom. The van der Waals surface area contributed by atoms with Crippen molar-refractivity contribution in [2.24, 2.45) is 17.8 Å². The van der Waals surface area contributed by atoms with Crippen molar-refractivity contribution < 1.29 is 28.6 Å². The van der Waals surface area contributed by atoms with E-state index in [1.54, 1.807) is 0 Å². The van der Waals surface area contributed by atoms with Crippen LogP contribution >= 0.6 is 0 Å². The summed E-state index contributed by atoms with van der Waals surface area (Å²) in [5, 5.41) is 0. The quantitative estimate of drug-likeness (QED) is 0.0350. The highest BCUT2D eigenvalue weighted by Crippen LogP contribution is 2.17. The van der Waals surface area contributed by atoms with Crippen LogP contribution in [0, 0.1) is 17.8 Å². The zero-order valence-corrected chi connectivity index (χ0v) is 37.0. The summed E-state index contributed by atoms with van der Waals surface area (Å²) in [6.07, 6.45) is 36.7. The number of unbranched alkanes of at least 4 members (excludes halogenated alkanes) is 24. The van der Waals surface area contributed by atoms with Gasteiger partial charge in [0.1, 0.15) is 13.2 Å². The van der Waals surface area contributed by atoms with Gasteiger partial charge in [-0.3, -0.25) is 14.4 Å². The fourth-order valence-corrected chi connectivity index (χ4v) is 7.06. The van der Waals surface area contributed by atoms with Gasteiger partial charge in [0.25, 0.3) is 0 Å². The van der Waals surface area contributed by atoms with E-state index in [4.69, 9.17) is 14.2 Å². The molecule has 0 bridgehead atoms. The number of rotatable bonds is 41. The number of esters is 3. The minimum Gasteiger partial charge on any atom is -0.462 e. The predicted molar refractivity (Wildman–Crippen MR) is 229 cm³/mol. The maximum atomic E-state index is 12.7. The van der Waals surface area contributed by atoms with E-state index in [2.05, 4.69) is 41.5 Å². The van der Waals surface area contributed by atoms with Crippen molar-refractivity contribution in [3.63, 3.8) is 0 Å². The molecule has 0 radical (unpaired) electrons. The highest BCUT2D eigenvalue weighted by molar-refractivity contribution is 5.71. The van der Waals surface area contributed by atoms with Crippen molar-refractivity contribution in [3.05, 3.63) is 0 Å². The van der Waals surface area contributed by atoms with E-state index in [-0.39, 0.29) is 31.1 Å². The second kappa shape index (κ2) is 39.6. The molecule has 0 unspecified atom stereocenters. The van der Waals surface area contributed by atoms with Crippen LogP contribution in [0.5, 0.6) is 0 Å². The fourth-order valence-electron chi connectivity index (χ4n) is 7.06. The van der Waals surface area contributed by atoms with Crippen LogP contribution in [0.15, 0.2) is 0 Å². The Balaban J connectivity index is 4.30. The van der Waals surface area contributed by atoms with Gasteiger partial charge < -0.3 is 14.2 Å². The van der Waals surface area contributed by atoms with Crippen molar-refractivity contribution in [1.29, 1.82) is 0 Å². The molecule has 0 heterocycles. The van der Waals surface area contributed by atoms with Crippen LogP contribution in [0.25, 0.3) is 0 Å². The lowest BCUT2D eigenvalue weighted by Crippen LogP contribution is -2.30. The van der Waals surface area contributed by atoms with E-state index in [0.29, 0.717) is 19.3 Å². The molecular formula is C48H92O6. The first-order valence-corrected chi connectivity index (χ1v) is 23.6. The third-order valence-electron chi connectivity index (χ3n) is 10.6. The zero-order chi connectivity index (χ0) is 39.9. The first kappa shape index (κ1) is 52.4. The van der Waals surface area contributed by atoms with Gasteiger partial charge in [-0.15, -0.1) is 0 Å². The molecule has 0 aromatic carbocycles. The van der Waals surface area contributed by atoms with E-state index in [9.17, 15) is 14.4 Å². The number of ether oxygens (including phenoxy) is 3. The summed E-state index contributed by atoms with van der Waals surface area (Å²) in [5.41, 5.74) is 0. The number of hydrogen-bond acceptors (Lipinski definition) is 6. The van der Waals surface area contributed by atoms with Crippen molar-refractivity contribution in [2.75, 3.05) is 13.2 Å². The topological polar surface area (TPSA) is 78.9 Å². The maximum Gasteiger partial charge on any atom is 0.306 e. The number of hydrogen-bond donors (Lipinski definition) is 0. The summed E-state index contributed by atoms with van der Waals surface area (Å²) in [4.78, 5) is 37.7. The molecule has 0 amide bonds. The number of carbonyl (C=O) groups is 3. The van der Waals surface area contributed by atoms with E-state index < -0.39 is 6.10 Å². The molecule has 0 saturated heterocycles. The van der Waals surface area contributed by atoms with Crippen LogP contribution in [0.2, 0.25) is 0 Å². The molecule has 6 nitrogen and oxygen atoms in total. The lowest BCUT2D eigenvalue weighted by molar-refractivity contribution is -0.167. The molecule has 0 aromatic heterocycles. The van der Waals surface area contributed by atoms with Crippen molar-refractivity contribution in [3.8, 4) is 0 Å². The highest BCUT2D eigenvalue weighted by Gasteiger charge is 2.19. The van der Waals surface area contributed by atoms with Gasteiger partial charge in [0.15, 0.2) is 6.10 Å². The second-order valence-electron chi connectivity index (χ2n) is 17.8. The van der Waals surface area contributed by atoms with Gasteiger partial charge in [-0.05, 0) is 37.0 Å². The predicted octanol–water partition coefficient (Wildman–Crippen LogP) is 14.8. The van der Waals surface area contributed by atoms with E-state index >= 15 is 0 Å². The Kier molecular flexibility index (Phi) is 38.5. The standard InChI is InChI=1S/C48H92O6/c1-42(2)34-28-22-16-12-8-7-9-14-18-25-31-37-46(49)52-40-45(54-48(51)39-33-27-21-20-24-30-36-44(5)6)41-53-47(50)38-32-26-19-15-11-10-13-17-23-29-35-43(3)4/h42-45H,7-41H2,1-6H3/t45-/m1/s1. The Morgan fingerprint density at radius 3 is 0.796 bits per heavy atom. The van der Waals surface area contributed by atoms with Gasteiger partial charge in [-0.2, -0.15) is 0 Å². The van der Waals surface area contributed by atoms with Crippen LogP contribution in [0.3, 0.4) is 0 Å². The maximum absolute atomic E-state index is 12.7. The fraction of sp³-hybridized carbons (Fsp3) is 0.938. The van der Waals surface area contributed by atoms with Gasteiger partial charge in [0, 0.05) is 19.3 Å². The molecule has 320 valence electrons. The SMILES string of the molecule is CC(C)CCCCCCCCCCCCCC(=O)OC[C@H](COC(=O)CCCCCCCCCCCCC(C)C)OC(=O)CCCCCCCCC(C)C. The zero-order valence-electron chi connectivity index (χ0n) is 37.0. The van der Waals surface area contributed by atoms with Crippen LogP contribution in [0.4, 0.5) is 0 Å². The molecule has 0 saturated carbocycles. The lowest BCUT2D eigenvalue weighted by atomic mass is 10.0. The second-order valence-corrected chi connectivity index (χ2v) is 17.8. The van der Waals surface area contributed by atoms with Gasteiger partial charge >= 0.3 is 17.9 Å². The Morgan fingerprint density at radius 1 is 0.315 bits per heavy atom. The van der Waals surface area contributed by atoms with E-state index in [0.717, 1.165) is 75.5 Å². The largest absolute Gasteiger partial charge is 0.462 e. The molecule has 0 fully saturated rings. The van der Waals surface area contributed by atoms with Crippen molar-refractivity contribution in [2.45, 2.75) is 260 Å². The summed E-state index contributed by atoms with van der Waals surface area (Å²) in [6.45, 7) is 13.6. The normalized spacial score (nSPS) is 12.2. The molecule has 0 aliphatic rings. The van der Waals surface area contributed by atoms with Crippen LogP contribution in [0.1, 0.15) is 253 Å². The van der Waals surface area contributed by atoms with Gasteiger partial charge in [-0.1, -0.05) is 215 Å². The minimum atomic E-state index is -0.762. The Labute approximate surface area is 336 Å². The van der Waals surface area contributed by atoms with Crippen LogP contribution < -0.4 is 0 Å². The molecule has 1 atom stereocenters. The molecule has 0 spiro atoms. The van der Waals surface area contributed by atoms with E-state index in [1.165, 1.54) is 135 Å². The van der Waals surface area contributed by atoms with E-state index in [1.807, 2.05) is 0 Å². The summed E-state index contributed by atoms with van der Waals surface area (Å²) in [7, 11) is 0. The molecule has 0 N–H and O–H groups in total. The highest BCUT2D eigenvalue weighted by atomic mass is 16.6. The molecule has 0 aliphatic heterocycles. The first-order chi connectivity index (χ1) is 26.1. The molecule has 0 aliphatic carbocycles. The lowest BCUT2D eigenvalue weighted by Gasteiger charge is -2.18. The molecule has 0 rings (SSSR count). The van der Waals surface area contributed by atoms with Crippen LogP contribution in [-0.4, -0.2) is 37.2 Å². The molecule has 54 heavy (non-hydrogen) atoms. The number of carbonyl (C=O) groups excluding carboxylic acids is 3. The van der Waals surface area contributed by atoms with Crippen molar-refractivity contribution >= 4 is 17.9 Å². The van der Waals surface area contributed by atoms with Crippen molar-refractivity contribution in [1.82, 2.24) is 0 Å². The summed E-state index contributed by atoms with van der Waals surface area (Å²) >= 11 is 0. The average molecular weight is 765 g/mol. The van der Waals surface area contributed by atoms with Gasteiger partial charge in [0.2, 0.25) is 0 Å². The monoisotopic (exact) mass is 765 g/mol. The first-order valence-electron chi connectivity index (χ1n) is 23.6. The smallest absolute Gasteiger partial charge is 0.306 e.